The van der Waals surface area contributed by atoms with Crippen LogP contribution in [-0.4, -0.2) is 33.8 Å². The van der Waals surface area contributed by atoms with Crippen molar-refractivity contribution >= 4 is 11.5 Å². The Labute approximate surface area is 112 Å². The third-order valence-corrected chi connectivity index (χ3v) is 3.54. The van der Waals surface area contributed by atoms with E-state index in [1.807, 2.05) is 18.7 Å². The molecule has 106 valence electrons. The number of hydrogen-bond donors (Lipinski definition) is 1. The van der Waals surface area contributed by atoms with Gasteiger partial charge in [0.05, 0.1) is 4.92 Å². The number of nitro groups is 1. The standard InChI is InChI=1S/C12H21N5O2/c1-8(2)16-12(11(17(18)19)9(3)14-16)15-6-4-10(13)5-7-15/h8,10H,4-7,13H2,1-3H3. The minimum atomic E-state index is -0.328. The van der Waals surface area contributed by atoms with Crippen LogP contribution >= 0.6 is 0 Å². The predicted octanol–water partition coefficient (Wildman–Crippen LogP) is 1.61. The molecule has 0 amide bonds. The molecule has 1 aromatic rings. The van der Waals surface area contributed by atoms with Crippen LogP contribution in [0.5, 0.6) is 0 Å². The van der Waals surface area contributed by atoms with Gasteiger partial charge in [-0.25, -0.2) is 4.68 Å². The van der Waals surface area contributed by atoms with E-state index in [1.54, 1.807) is 11.6 Å². The number of piperidine rings is 1. The minimum absolute atomic E-state index is 0.0954. The Kier molecular flexibility index (Phi) is 3.75. The number of anilines is 1. The lowest BCUT2D eigenvalue weighted by Crippen LogP contribution is -2.41. The van der Waals surface area contributed by atoms with Gasteiger partial charge in [-0.3, -0.25) is 10.1 Å². The van der Waals surface area contributed by atoms with Crippen LogP contribution in [0, 0.1) is 17.0 Å². The highest BCUT2D eigenvalue weighted by molar-refractivity contribution is 5.61. The Morgan fingerprint density at radius 3 is 2.47 bits per heavy atom. The van der Waals surface area contributed by atoms with Crippen molar-refractivity contribution in [3.8, 4) is 0 Å². The highest BCUT2D eigenvalue weighted by Crippen LogP contribution is 2.35. The lowest BCUT2D eigenvalue weighted by molar-refractivity contribution is -0.384. The van der Waals surface area contributed by atoms with E-state index in [1.165, 1.54) is 0 Å². The molecule has 0 aromatic carbocycles. The van der Waals surface area contributed by atoms with Crippen LogP contribution in [0.15, 0.2) is 0 Å². The zero-order valence-electron chi connectivity index (χ0n) is 11.7. The van der Waals surface area contributed by atoms with Crippen LogP contribution < -0.4 is 10.6 Å². The van der Waals surface area contributed by atoms with Crippen molar-refractivity contribution in [1.29, 1.82) is 0 Å². The molecular formula is C12H21N5O2. The summed E-state index contributed by atoms with van der Waals surface area (Å²) < 4.78 is 1.75. The van der Waals surface area contributed by atoms with Gasteiger partial charge in [0.25, 0.3) is 0 Å². The maximum atomic E-state index is 11.3. The number of nitrogens with zero attached hydrogens (tertiary/aromatic N) is 4. The van der Waals surface area contributed by atoms with Crippen LogP contribution in [0.1, 0.15) is 38.4 Å². The minimum Gasteiger partial charge on any atom is -0.351 e. The van der Waals surface area contributed by atoms with E-state index < -0.39 is 0 Å². The molecule has 0 atom stereocenters. The zero-order chi connectivity index (χ0) is 14.2. The topological polar surface area (TPSA) is 90.2 Å². The second-order valence-corrected chi connectivity index (χ2v) is 5.38. The highest BCUT2D eigenvalue weighted by atomic mass is 16.6. The molecule has 0 unspecified atom stereocenters. The van der Waals surface area contributed by atoms with Crippen LogP contribution in [-0.2, 0) is 0 Å². The second-order valence-electron chi connectivity index (χ2n) is 5.38. The molecule has 2 heterocycles. The van der Waals surface area contributed by atoms with Gasteiger partial charge in [0.15, 0.2) is 0 Å². The van der Waals surface area contributed by atoms with Crippen molar-refractivity contribution in [1.82, 2.24) is 9.78 Å². The second kappa shape index (κ2) is 5.16. The third-order valence-electron chi connectivity index (χ3n) is 3.54. The number of hydrogen-bond acceptors (Lipinski definition) is 5. The number of nitrogens with two attached hydrogens (primary N) is 1. The van der Waals surface area contributed by atoms with Crippen molar-refractivity contribution in [2.75, 3.05) is 18.0 Å². The van der Waals surface area contributed by atoms with Crippen molar-refractivity contribution in [3.05, 3.63) is 15.8 Å². The maximum absolute atomic E-state index is 11.3. The van der Waals surface area contributed by atoms with E-state index in [4.69, 9.17) is 5.73 Å². The van der Waals surface area contributed by atoms with Crippen molar-refractivity contribution in [2.24, 2.45) is 5.73 Å². The summed E-state index contributed by atoms with van der Waals surface area (Å²) in [4.78, 5) is 13.0. The van der Waals surface area contributed by atoms with Gasteiger partial charge >= 0.3 is 5.69 Å². The van der Waals surface area contributed by atoms with E-state index in [9.17, 15) is 10.1 Å². The van der Waals surface area contributed by atoms with E-state index in [2.05, 4.69) is 5.10 Å². The number of aryl methyl sites for hydroxylation is 1. The summed E-state index contributed by atoms with van der Waals surface area (Å²) in [6.45, 7) is 7.15. The van der Waals surface area contributed by atoms with Gasteiger partial charge in [-0.2, -0.15) is 5.10 Å². The highest BCUT2D eigenvalue weighted by Gasteiger charge is 2.32. The first-order valence-corrected chi connectivity index (χ1v) is 6.65. The first-order valence-electron chi connectivity index (χ1n) is 6.65. The van der Waals surface area contributed by atoms with Crippen molar-refractivity contribution in [3.63, 3.8) is 0 Å². The molecule has 7 nitrogen and oxygen atoms in total. The first-order chi connectivity index (χ1) is 8.91. The summed E-state index contributed by atoms with van der Waals surface area (Å²) in [5.74, 6) is 0.629. The molecule has 0 spiro atoms. The normalized spacial score (nSPS) is 17.2. The van der Waals surface area contributed by atoms with Crippen LogP contribution in [0.3, 0.4) is 0 Å². The van der Waals surface area contributed by atoms with Crippen molar-refractivity contribution in [2.45, 2.75) is 45.7 Å². The fourth-order valence-electron chi connectivity index (χ4n) is 2.51. The van der Waals surface area contributed by atoms with Crippen LogP contribution in [0.25, 0.3) is 0 Å². The molecule has 2 rings (SSSR count). The lowest BCUT2D eigenvalue weighted by Gasteiger charge is -2.31. The molecule has 1 aliphatic rings. The Balaban J connectivity index is 2.44. The summed E-state index contributed by atoms with van der Waals surface area (Å²) >= 11 is 0. The third kappa shape index (κ3) is 2.56. The molecule has 1 aliphatic heterocycles. The quantitative estimate of drug-likeness (QED) is 0.663. The molecule has 1 aromatic heterocycles. The summed E-state index contributed by atoms with van der Waals surface area (Å²) in [6, 6.07) is 0.296. The smallest absolute Gasteiger partial charge is 0.333 e. The van der Waals surface area contributed by atoms with Crippen LogP contribution in [0.4, 0.5) is 11.5 Å². The summed E-state index contributed by atoms with van der Waals surface area (Å²) in [5, 5.41) is 15.6. The average molecular weight is 267 g/mol. The van der Waals surface area contributed by atoms with Crippen LogP contribution in [0.2, 0.25) is 0 Å². The zero-order valence-corrected chi connectivity index (χ0v) is 11.7. The Bertz CT molecular complexity index is 475. The average Bonchev–Trinajstić information content (AvgIpc) is 2.68. The summed E-state index contributed by atoms with van der Waals surface area (Å²) in [6.07, 6.45) is 1.72. The predicted molar refractivity (Wildman–Crippen MR) is 73.4 cm³/mol. The molecule has 0 aliphatic carbocycles. The van der Waals surface area contributed by atoms with Gasteiger partial charge in [0.2, 0.25) is 5.82 Å². The summed E-state index contributed by atoms with van der Waals surface area (Å²) in [7, 11) is 0. The monoisotopic (exact) mass is 267 g/mol. The van der Waals surface area contributed by atoms with Gasteiger partial charge in [-0.05, 0) is 33.6 Å². The molecule has 2 N–H and O–H groups in total. The van der Waals surface area contributed by atoms with E-state index >= 15 is 0 Å². The van der Waals surface area contributed by atoms with E-state index in [0.29, 0.717) is 11.5 Å². The van der Waals surface area contributed by atoms with E-state index in [-0.39, 0.29) is 22.7 Å². The molecular weight excluding hydrogens is 246 g/mol. The largest absolute Gasteiger partial charge is 0.351 e. The fourth-order valence-corrected chi connectivity index (χ4v) is 2.51. The molecule has 1 saturated heterocycles. The van der Waals surface area contributed by atoms with Gasteiger partial charge in [-0.1, -0.05) is 0 Å². The Morgan fingerprint density at radius 2 is 2.00 bits per heavy atom. The Morgan fingerprint density at radius 1 is 1.42 bits per heavy atom. The van der Waals surface area contributed by atoms with Gasteiger partial charge < -0.3 is 10.6 Å². The molecule has 7 heteroatoms. The Hall–Kier alpha value is -1.63. The van der Waals surface area contributed by atoms with Gasteiger partial charge in [0.1, 0.15) is 5.69 Å². The van der Waals surface area contributed by atoms with Crippen molar-refractivity contribution < 1.29 is 4.92 Å². The first kappa shape index (κ1) is 13.8. The summed E-state index contributed by atoms with van der Waals surface area (Å²) in [5.41, 5.74) is 6.50. The molecule has 0 radical (unpaired) electrons. The molecule has 0 saturated carbocycles. The maximum Gasteiger partial charge on any atom is 0.333 e. The molecule has 0 bridgehead atoms. The number of aromatic nitrogens is 2. The SMILES string of the molecule is Cc1nn(C(C)C)c(N2CCC(N)CC2)c1[N+](=O)[O-]. The fraction of sp³-hybridized carbons (Fsp3) is 0.750. The number of rotatable bonds is 3. The van der Waals surface area contributed by atoms with E-state index in [0.717, 1.165) is 25.9 Å². The van der Waals surface area contributed by atoms with Gasteiger partial charge in [0, 0.05) is 25.2 Å². The molecule has 1 fully saturated rings. The van der Waals surface area contributed by atoms with Gasteiger partial charge in [-0.15, -0.1) is 0 Å². The molecule has 19 heavy (non-hydrogen) atoms. The lowest BCUT2D eigenvalue weighted by atomic mass is 10.1.